The summed E-state index contributed by atoms with van der Waals surface area (Å²) < 4.78 is 26.0. The maximum atomic E-state index is 12.0. The fourth-order valence-electron chi connectivity index (χ4n) is 3.09. The quantitative estimate of drug-likeness (QED) is 0.795. The molecule has 2 heterocycles. The summed E-state index contributed by atoms with van der Waals surface area (Å²) in [6.07, 6.45) is 1.56. The number of alkyl halides is 1. The van der Waals surface area contributed by atoms with Crippen molar-refractivity contribution in [2.24, 2.45) is 0 Å². The number of hydrogen-bond donors (Lipinski definition) is 0. The molecule has 0 N–H and O–H groups in total. The van der Waals surface area contributed by atoms with Crippen LogP contribution in [0.4, 0.5) is 0 Å². The Morgan fingerprint density at radius 3 is 2.86 bits per heavy atom. The number of halogens is 1. The number of hydrogen-bond acceptors (Lipinski definition) is 3. The van der Waals surface area contributed by atoms with Crippen LogP contribution in [0.5, 0.6) is 0 Å². The molecule has 4 nitrogen and oxygen atoms in total. The zero-order chi connectivity index (χ0) is 15.2. The van der Waals surface area contributed by atoms with E-state index in [0.29, 0.717) is 12.2 Å². The number of aryl methyl sites for hydroxylation is 1. The van der Waals surface area contributed by atoms with E-state index >= 15 is 0 Å². The molecular weight excluding hydrogens is 308 g/mol. The predicted molar refractivity (Wildman–Crippen MR) is 85.7 cm³/mol. The summed E-state index contributed by atoms with van der Waals surface area (Å²) in [6.45, 7) is 3.90. The van der Waals surface area contributed by atoms with E-state index in [9.17, 15) is 8.42 Å². The van der Waals surface area contributed by atoms with Gasteiger partial charge in [0.2, 0.25) is 0 Å². The van der Waals surface area contributed by atoms with Crippen molar-refractivity contribution in [3.63, 3.8) is 0 Å². The first kappa shape index (κ1) is 14.9. The van der Waals surface area contributed by atoms with Gasteiger partial charge in [-0.1, -0.05) is 6.07 Å². The molecule has 2 aromatic rings. The van der Waals surface area contributed by atoms with E-state index in [-0.39, 0.29) is 17.2 Å². The maximum Gasteiger partial charge on any atom is 0.152 e. The highest BCUT2D eigenvalue weighted by Gasteiger charge is 2.29. The third-order valence-electron chi connectivity index (χ3n) is 4.03. The minimum Gasteiger partial charge on any atom is -0.323 e. The van der Waals surface area contributed by atoms with Crippen molar-refractivity contribution < 1.29 is 8.42 Å². The van der Waals surface area contributed by atoms with Gasteiger partial charge < -0.3 is 4.57 Å². The van der Waals surface area contributed by atoms with Crippen LogP contribution in [0.2, 0.25) is 0 Å². The molecule has 0 amide bonds. The molecule has 1 aromatic heterocycles. The van der Waals surface area contributed by atoms with Crippen molar-refractivity contribution in [2.45, 2.75) is 38.1 Å². The van der Waals surface area contributed by atoms with Crippen LogP contribution in [-0.4, -0.2) is 29.5 Å². The lowest BCUT2D eigenvalue weighted by Gasteiger charge is -2.26. The minimum atomic E-state index is -2.97. The number of sulfone groups is 1. The van der Waals surface area contributed by atoms with Gasteiger partial charge in [0.05, 0.1) is 27.9 Å². The van der Waals surface area contributed by atoms with E-state index < -0.39 is 9.84 Å². The van der Waals surface area contributed by atoms with Gasteiger partial charge in [0, 0.05) is 6.04 Å². The first-order valence-corrected chi connectivity index (χ1v) is 9.46. The molecule has 1 saturated heterocycles. The van der Waals surface area contributed by atoms with Gasteiger partial charge in [0.25, 0.3) is 0 Å². The third-order valence-corrected chi connectivity index (χ3v) is 6.03. The van der Waals surface area contributed by atoms with Crippen LogP contribution in [0.25, 0.3) is 11.0 Å². The third kappa shape index (κ3) is 2.81. The molecule has 2 atom stereocenters. The molecule has 0 spiro atoms. The molecule has 1 fully saturated rings. The van der Waals surface area contributed by atoms with Crippen molar-refractivity contribution in [1.29, 1.82) is 0 Å². The molecule has 1 aliphatic rings. The number of rotatable bonds is 2. The SMILES string of the molecule is Cc1ccc2c(c1)nc(C(C)Cl)n2C1CCCS(=O)(=O)C1. The van der Waals surface area contributed by atoms with Crippen molar-refractivity contribution in [1.82, 2.24) is 9.55 Å². The molecule has 3 rings (SSSR count). The van der Waals surface area contributed by atoms with E-state index in [2.05, 4.69) is 4.98 Å². The predicted octanol–water partition coefficient (Wildman–Crippen LogP) is 3.39. The first-order chi connectivity index (χ1) is 9.87. The van der Waals surface area contributed by atoms with Gasteiger partial charge in [-0.25, -0.2) is 13.4 Å². The molecule has 1 aliphatic heterocycles. The van der Waals surface area contributed by atoms with Gasteiger partial charge in [-0.05, 0) is 44.4 Å². The van der Waals surface area contributed by atoms with Crippen LogP contribution < -0.4 is 0 Å². The summed E-state index contributed by atoms with van der Waals surface area (Å²) >= 11 is 6.28. The lowest BCUT2D eigenvalue weighted by molar-refractivity contribution is 0.466. The molecular formula is C15H19ClN2O2S. The van der Waals surface area contributed by atoms with E-state index in [0.717, 1.165) is 28.8 Å². The van der Waals surface area contributed by atoms with Crippen LogP contribution in [0.3, 0.4) is 0 Å². The number of nitrogens with zero attached hydrogens (tertiary/aromatic N) is 2. The van der Waals surface area contributed by atoms with E-state index in [1.165, 1.54) is 0 Å². The summed E-state index contributed by atoms with van der Waals surface area (Å²) in [5.41, 5.74) is 3.00. The second-order valence-corrected chi connectivity index (χ2v) is 8.74. The summed E-state index contributed by atoms with van der Waals surface area (Å²) in [5, 5.41) is -0.248. The van der Waals surface area contributed by atoms with Crippen LogP contribution in [0.1, 0.15) is 42.6 Å². The smallest absolute Gasteiger partial charge is 0.152 e. The number of imidazole rings is 1. The number of aromatic nitrogens is 2. The molecule has 2 unspecified atom stereocenters. The fourth-order valence-corrected chi connectivity index (χ4v) is 4.92. The Balaban J connectivity index is 2.17. The monoisotopic (exact) mass is 326 g/mol. The fraction of sp³-hybridized carbons (Fsp3) is 0.533. The van der Waals surface area contributed by atoms with Crippen molar-refractivity contribution >= 4 is 32.5 Å². The van der Waals surface area contributed by atoms with Crippen LogP contribution in [0, 0.1) is 6.92 Å². The standard InChI is InChI=1S/C15H19ClN2O2S/c1-10-5-6-14-13(8-10)17-15(11(2)16)18(14)12-4-3-7-21(19,20)9-12/h5-6,8,11-12H,3-4,7,9H2,1-2H3. The van der Waals surface area contributed by atoms with E-state index in [1.807, 2.05) is 36.6 Å². The molecule has 0 radical (unpaired) electrons. The number of fused-ring (bicyclic) bond motifs is 1. The van der Waals surface area contributed by atoms with Crippen molar-refractivity contribution in [2.75, 3.05) is 11.5 Å². The van der Waals surface area contributed by atoms with Crippen molar-refractivity contribution in [3.05, 3.63) is 29.6 Å². The highest BCUT2D eigenvalue weighted by molar-refractivity contribution is 7.91. The molecule has 0 bridgehead atoms. The van der Waals surface area contributed by atoms with Crippen LogP contribution in [0.15, 0.2) is 18.2 Å². The molecule has 1 aromatic carbocycles. The van der Waals surface area contributed by atoms with Gasteiger partial charge in [-0.3, -0.25) is 0 Å². The second kappa shape index (κ2) is 5.29. The van der Waals surface area contributed by atoms with Gasteiger partial charge in [0.15, 0.2) is 9.84 Å². The highest BCUT2D eigenvalue weighted by atomic mass is 35.5. The summed E-state index contributed by atoms with van der Waals surface area (Å²) in [4.78, 5) is 4.63. The average Bonchev–Trinajstić information content (AvgIpc) is 2.76. The first-order valence-electron chi connectivity index (χ1n) is 7.20. The van der Waals surface area contributed by atoms with E-state index in [1.54, 1.807) is 0 Å². The lowest BCUT2D eigenvalue weighted by atomic mass is 10.1. The summed E-state index contributed by atoms with van der Waals surface area (Å²) in [6, 6.07) is 6.00. The second-order valence-electron chi connectivity index (χ2n) is 5.86. The Kier molecular flexibility index (Phi) is 3.74. The molecule has 21 heavy (non-hydrogen) atoms. The highest BCUT2D eigenvalue weighted by Crippen LogP contribution is 2.33. The topological polar surface area (TPSA) is 52.0 Å². The van der Waals surface area contributed by atoms with Gasteiger partial charge in [-0.15, -0.1) is 11.6 Å². The Labute approximate surface area is 130 Å². The number of benzene rings is 1. The largest absolute Gasteiger partial charge is 0.323 e. The van der Waals surface area contributed by atoms with Crippen LogP contribution >= 0.6 is 11.6 Å². The molecule has 114 valence electrons. The Morgan fingerprint density at radius 1 is 1.43 bits per heavy atom. The normalized spacial score (nSPS) is 23.3. The Hall–Kier alpha value is -1.07. The van der Waals surface area contributed by atoms with Crippen molar-refractivity contribution in [3.8, 4) is 0 Å². The summed E-state index contributed by atoms with van der Waals surface area (Å²) in [5.74, 6) is 1.24. The van der Waals surface area contributed by atoms with Crippen LogP contribution in [-0.2, 0) is 9.84 Å². The zero-order valence-corrected chi connectivity index (χ0v) is 13.8. The van der Waals surface area contributed by atoms with E-state index in [4.69, 9.17) is 11.6 Å². The minimum absolute atomic E-state index is 0.0624. The summed E-state index contributed by atoms with van der Waals surface area (Å²) in [7, 11) is -2.97. The van der Waals surface area contributed by atoms with Gasteiger partial charge in [-0.2, -0.15) is 0 Å². The molecule has 0 saturated carbocycles. The van der Waals surface area contributed by atoms with Gasteiger partial charge >= 0.3 is 0 Å². The zero-order valence-electron chi connectivity index (χ0n) is 12.2. The Morgan fingerprint density at radius 2 is 2.19 bits per heavy atom. The molecule has 6 heteroatoms. The lowest BCUT2D eigenvalue weighted by Crippen LogP contribution is -2.28. The maximum absolute atomic E-state index is 12.0. The average molecular weight is 327 g/mol. The molecule has 0 aliphatic carbocycles. The Bertz CT molecular complexity index is 780. The van der Waals surface area contributed by atoms with Gasteiger partial charge in [0.1, 0.15) is 5.82 Å².